The summed E-state index contributed by atoms with van der Waals surface area (Å²) in [5, 5.41) is 9.02. The van der Waals surface area contributed by atoms with Crippen LogP contribution in [-0.4, -0.2) is 21.1 Å². The van der Waals surface area contributed by atoms with Crippen molar-refractivity contribution in [1.82, 2.24) is 15.2 Å². The van der Waals surface area contributed by atoms with Crippen LogP contribution in [0, 0.1) is 0 Å². The summed E-state index contributed by atoms with van der Waals surface area (Å²) in [6.45, 7) is 0. The third-order valence-electron chi connectivity index (χ3n) is 2.48. The van der Waals surface area contributed by atoms with Gasteiger partial charge in [-0.05, 0) is 18.2 Å². The third-order valence-corrected chi connectivity index (χ3v) is 3.28. The normalized spacial score (nSPS) is 10.7. The van der Waals surface area contributed by atoms with Crippen molar-refractivity contribution in [3.8, 4) is 0 Å². The van der Waals surface area contributed by atoms with Gasteiger partial charge in [0.05, 0.1) is 27.6 Å². The van der Waals surface area contributed by atoms with Crippen LogP contribution in [0.15, 0.2) is 29.9 Å². The van der Waals surface area contributed by atoms with Crippen LogP contribution in [0.4, 0.5) is 11.4 Å². The summed E-state index contributed by atoms with van der Waals surface area (Å²) in [6, 6.07) is 5.53. The second kappa shape index (κ2) is 4.11. The lowest BCUT2D eigenvalue weighted by Crippen LogP contribution is -2.14. The monoisotopic (exact) mass is 259 g/mol. The number of benzene rings is 1. The molecule has 0 spiro atoms. The van der Waals surface area contributed by atoms with E-state index in [2.05, 4.69) is 20.5 Å². The fraction of sp³-hybridized carbons (Fsp3) is 0. The molecule has 0 radical (unpaired) electrons. The Morgan fingerprint density at radius 1 is 1.44 bits per heavy atom. The van der Waals surface area contributed by atoms with Crippen LogP contribution in [0.2, 0.25) is 0 Å². The van der Waals surface area contributed by atoms with E-state index in [-0.39, 0.29) is 11.6 Å². The number of anilines is 2. The number of aromatic amines is 1. The van der Waals surface area contributed by atoms with E-state index in [0.29, 0.717) is 11.4 Å². The largest absolute Gasteiger partial charge is 0.396 e. The molecule has 18 heavy (non-hydrogen) atoms. The number of nitrogens with zero attached hydrogens (tertiary/aromatic N) is 2. The Bertz CT molecular complexity index is 717. The first-order valence-electron chi connectivity index (χ1n) is 5.17. The predicted octanol–water partition coefficient (Wildman–Crippen LogP) is 1.85. The zero-order chi connectivity index (χ0) is 12.5. The number of carbonyl (C=O) groups excluding carboxylic acids is 1. The first-order valence-corrected chi connectivity index (χ1v) is 6.05. The highest BCUT2D eigenvalue weighted by molar-refractivity contribution is 7.16. The molecule has 2 aromatic heterocycles. The van der Waals surface area contributed by atoms with Crippen molar-refractivity contribution < 1.29 is 4.79 Å². The highest BCUT2D eigenvalue weighted by atomic mass is 32.1. The molecule has 1 aromatic carbocycles. The number of hydrogen-bond acceptors (Lipinski definition) is 5. The van der Waals surface area contributed by atoms with E-state index >= 15 is 0 Å². The van der Waals surface area contributed by atoms with Crippen LogP contribution in [0.3, 0.4) is 0 Å². The summed E-state index contributed by atoms with van der Waals surface area (Å²) in [5.74, 6) is -0.311. The molecule has 4 N–H and O–H groups in total. The molecular weight excluding hydrogens is 250 g/mol. The molecule has 0 aliphatic rings. The van der Waals surface area contributed by atoms with Crippen molar-refractivity contribution in [2.24, 2.45) is 0 Å². The number of nitrogen functional groups attached to an aromatic ring is 1. The number of thiazole rings is 1. The van der Waals surface area contributed by atoms with Crippen molar-refractivity contribution >= 4 is 38.8 Å². The predicted molar refractivity (Wildman–Crippen MR) is 70.6 cm³/mol. The Balaban J connectivity index is 1.88. The van der Waals surface area contributed by atoms with Gasteiger partial charge >= 0.3 is 0 Å². The van der Waals surface area contributed by atoms with Gasteiger partial charge in [0.2, 0.25) is 0 Å². The standard InChI is InChI=1S/C11H9N5OS/c12-7-4-14-16-10(7)11(17)15-6-1-2-8-9(3-6)18-5-13-8/h1-5H,12H2,(H,14,16)(H,15,17). The van der Waals surface area contributed by atoms with E-state index in [1.54, 1.807) is 11.6 Å². The minimum atomic E-state index is -0.311. The highest BCUT2D eigenvalue weighted by Crippen LogP contribution is 2.22. The topological polar surface area (TPSA) is 96.7 Å². The van der Waals surface area contributed by atoms with Crippen LogP contribution >= 0.6 is 11.3 Å². The van der Waals surface area contributed by atoms with Gasteiger partial charge < -0.3 is 11.1 Å². The Hall–Kier alpha value is -2.41. The maximum atomic E-state index is 11.9. The number of hydrogen-bond donors (Lipinski definition) is 3. The zero-order valence-corrected chi connectivity index (χ0v) is 9.99. The van der Waals surface area contributed by atoms with Gasteiger partial charge in [0.25, 0.3) is 5.91 Å². The van der Waals surface area contributed by atoms with Crippen LogP contribution in [0.1, 0.15) is 10.5 Å². The Morgan fingerprint density at radius 2 is 2.33 bits per heavy atom. The van der Waals surface area contributed by atoms with Crippen molar-refractivity contribution in [3.05, 3.63) is 35.6 Å². The van der Waals surface area contributed by atoms with E-state index in [1.807, 2.05) is 12.1 Å². The van der Waals surface area contributed by atoms with Gasteiger partial charge in [-0.2, -0.15) is 5.10 Å². The molecule has 3 aromatic rings. The maximum Gasteiger partial charge on any atom is 0.275 e. The zero-order valence-electron chi connectivity index (χ0n) is 9.18. The minimum Gasteiger partial charge on any atom is -0.396 e. The maximum absolute atomic E-state index is 11.9. The number of rotatable bonds is 2. The van der Waals surface area contributed by atoms with Gasteiger partial charge in [-0.25, -0.2) is 4.98 Å². The van der Waals surface area contributed by atoms with E-state index in [0.717, 1.165) is 10.2 Å². The lowest BCUT2D eigenvalue weighted by Gasteiger charge is -2.03. The highest BCUT2D eigenvalue weighted by Gasteiger charge is 2.12. The Kier molecular flexibility index (Phi) is 2.45. The number of H-pyrrole nitrogens is 1. The molecule has 2 heterocycles. The molecule has 1 amide bonds. The summed E-state index contributed by atoms with van der Waals surface area (Å²) >= 11 is 1.52. The van der Waals surface area contributed by atoms with E-state index < -0.39 is 0 Å². The van der Waals surface area contributed by atoms with Crippen LogP contribution < -0.4 is 11.1 Å². The van der Waals surface area contributed by atoms with E-state index in [9.17, 15) is 4.79 Å². The first-order chi connectivity index (χ1) is 8.74. The number of amides is 1. The molecule has 7 heteroatoms. The quantitative estimate of drug-likeness (QED) is 0.654. The molecule has 0 aliphatic carbocycles. The molecule has 90 valence electrons. The van der Waals surface area contributed by atoms with Gasteiger partial charge in [-0.1, -0.05) is 0 Å². The molecule has 0 saturated heterocycles. The smallest absolute Gasteiger partial charge is 0.275 e. The van der Waals surface area contributed by atoms with Gasteiger partial charge in [0.1, 0.15) is 5.69 Å². The molecule has 3 rings (SSSR count). The van der Waals surface area contributed by atoms with Crippen molar-refractivity contribution in [3.63, 3.8) is 0 Å². The molecular formula is C11H9N5OS. The SMILES string of the molecule is Nc1cn[nH]c1C(=O)Nc1ccc2ncsc2c1. The van der Waals surface area contributed by atoms with E-state index in [1.165, 1.54) is 17.5 Å². The van der Waals surface area contributed by atoms with E-state index in [4.69, 9.17) is 5.73 Å². The van der Waals surface area contributed by atoms with Crippen molar-refractivity contribution in [2.75, 3.05) is 11.1 Å². The van der Waals surface area contributed by atoms with Gasteiger partial charge in [-0.3, -0.25) is 9.89 Å². The number of nitrogens with two attached hydrogens (primary N) is 1. The summed E-state index contributed by atoms with van der Waals surface area (Å²) in [7, 11) is 0. The van der Waals surface area contributed by atoms with Crippen molar-refractivity contribution in [1.29, 1.82) is 0 Å². The number of nitrogens with one attached hydrogen (secondary N) is 2. The summed E-state index contributed by atoms with van der Waals surface area (Å²) in [5.41, 5.74) is 9.58. The van der Waals surface area contributed by atoms with Gasteiger partial charge in [0.15, 0.2) is 0 Å². The molecule has 0 atom stereocenters. The average molecular weight is 259 g/mol. The second-order valence-corrected chi connectivity index (χ2v) is 4.58. The lowest BCUT2D eigenvalue weighted by molar-refractivity contribution is 0.102. The molecule has 0 aliphatic heterocycles. The second-order valence-electron chi connectivity index (χ2n) is 3.69. The fourth-order valence-corrected chi connectivity index (χ4v) is 2.32. The Labute approximate surface area is 106 Å². The lowest BCUT2D eigenvalue weighted by atomic mass is 10.3. The molecule has 6 nitrogen and oxygen atoms in total. The molecule has 0 unspecified atom stereocenters. The van der Waals surface area contributed by atoms with Crippen LogP contribution in [0.25, 0.3) is 10.2 Å². The average Bonchev–Trinajstić information content (AvgIpc) is 2.96. The van der Waals surface area contributed by atoms with Crippen LogP contribution in [-0.2, 0) is 0 Å². The third kappa shape index (κ3) is 1.80. The van der Waals surface area contributed by atoms with Gasteiger partial charge in [0, 0.05) is 5.69 Å². The first kappa shape index (κ1) is 10.7. The fourth-order valence-electron chi connectivity index (χ4n) is 1.60. The number of fused-ring (bicyclic) bond motifs is 1. The molecule has 0 fully saturated rings. The summed E-state index contributed by atoms with van der Waals surface area (Å²) in [6.07, 6.45) is 1.40. The summed E-state index contributed by atoms with van der Waals surface area (Å²) < 4.78 is 1.02. The molecule has 0 saturated carbocycles. The van der Waals surface area contributed by atoms with Crippen molar-refractivity contribution in [2.45, 2.75) is 0 Å². The Morgan fingerprint density at radius 3 is 3.11 bits per heavy atom. The minimum absolute atomic E-state index is 0.263. The number of carbonyl (C=O) groups is 1. The van der Waals surface area contributed by atoms with Crippen LogP contribution in [0.5, 0.6) is 0 Å². The summed E-state index contributed by atoms with van der Waals surface area (Å²) in [4.78, 5) is 16.1. The molecule has 0 bridgehead atoms. The van der Waals surface area contributed by atoms with Gasteiger partial charge in [-0.15, -0.1) is 11.3 Å². The number of aromatic nitrogens is 3.